The summed E-state index contributed by atoms with van der Waals surface area (Å²) in [7, 11) is 0. The average Bonchev–Trinajstić information content (AvgIpc) is 2.05. The van der Waals surface area contributed by atoms with Crippen molar-refractivity contribution < 1.29 is 0 Å². The highest BCUT2D eigenvalue weighted by molar-refractivity contribution is 5.85. The lowest BCUT2D eigenvalue weighted by atomic mass is 10.1. The van der Waals surface area contributed by atoms with E-state index in [0.717, 1.165) is 5.56 Å². The Morgan fingerprint density at radius 3 is 2.36 bits per heavy atom. The SMILES string of the molecule is Cl.NC[C@@H](N)c1ccncc1. The molecular weight excluding hydrogens is 162 g/mol. The molecule has 0 aliphatic rings. The van der Waals surface area contributed by atoms with E-state index >= 15 is 0 Å². The van der Waals surface area contributed by atoms with Gasteiger partial charge in [-0.05, 0) is 17.7 Å². The van der Waals surface area contributed by atoms with Crippen LogP contribution < -0.4 is 11.5 Å². The predicted octanol–water partition coefficient (Wildman–Crippen LogP) is 0.462. The summed E-state index contributed by atoms with van der Waals surface area (Å²) >= 11 is 0. The minimum atomic E-state index is -0.0528. The van der Waals surface area contributed by atoms with Gasteiger partial charge in [-0.25, -0.2) is 0 Å². The summed E-state index contributed by atoms with van der Waals surface area (Å²) in [6.45, 7) is 0.476. The highest BCUT2D eigenvalue weighted by atomic mass is 35.5. The Balaban J connectivity index is 0.000001000. The number of pyridine rings is 1. The van der Waals surface area contributed by atoms with Crippen LogP contribution >= 0.6 is 12.4 Å². The third kappa shape index (κ3) is 2.84. The van der Waals surface area contributed by atoms with E-state index in [9.17, 15) is 0 Å². The molecule has 1 heterocycles. The first-order chi connectivity index (χ1) is 4.84. The van der Waals surface area contributed by atoms with Gasteiger partial charge in [0.25, 0.3) is 0 Å². The predicted molar refractivity (Wildman–Crippen MR) is 47.5 cm³/mol. The normalized spacial score (nSPS) is 11.8. The second-order valence-corrected chi connectivity index (χ2v) is 2.12. The molecule has 3 nitrogen and oxygen atoms in total. The third-order valence-corrected chi connectivity index (χ3v) is 1.39. The molecule has 0 radical (unpaired) electrons. The summed E-state index contributed by atoms with van der Waals surface area (Å²) in [6, 6.07) is 3.69. The molecule has 1 aromatic heterocycles. The fourth-order valence-electron chi connectivity index (χ4n) is 0.747. The van der Waals surface area contributed by atoms with Crippen molar-refractivity contribution in [3.63, 3.8) is 0 Å². The highest BCUT2D eigenvalue weighted by Gasteiger charge is 1.99. The summed E-state index contributed by atoms with van der Waals surface area (Å²) in [6.07, 6.45) is 3.43. The van der Waals surface area contributed by atoms with Crippen molar-refractivity contribution >= 4 is 12.4 Å². The van der Waals surface area contributed by atoms with Crippen molar-refractivity contribution in [3.8, 4) is 0 Å². The zero-order valence-corrected chi connectivity index (χ0v) is 6.92. The number of aromatic nitrogens is 1. The van der Waals surface area contributed by atoms with Gasteiger partial charge in [0, 0.05) is 25.0 Å². The van der Waals surface area contributed by atoms with Crippen LogP contribution in [-0.4, -0.2) is 11.5 Å². The highest BCUT2D eigenvalue weighted by Crippen LogP contribution is 2.04. The standard InChI is InChI=1S/C7H11N3.ClH/c8-5-7(9)6-1-3-10-4-2-6;/h1-4,7H,5,8-9H2;1H/t7-;/m1./s1. The third-order valence-electron chi connectivity index (χ3n) is 1.39. The Bertz CT molecular complexity index is 190. The van der Waals surface area contributed by atoms with Crippen molar-refractivity contribution in [3.05, 3.63) is 30.1 Å². The zero-order valence-electron chi connectivity index (χ0n) is 6.10. The maximum atomic E-state index is 5.64. The fourth-order valence-corrected chi connectivity index (χ4v) is 0.747. The van der Waals surface area contributed by atoms with Gasteiger partial charge in [0.2, 0.25) is 0 Å². The van der Waals surface area contributed by atoms with Crippen LogP contribution in [0.4, 0.5) is 0 Å². The fraction of sp³-hybridized carbons (Fsp3) is 0.286. The minimum Gasteiger partial charge on any atom is -0.329 e. The van der Waals surface area contributed by atoms with E-state index in [2.05, 4.69) is 4.98 Å². The first-order valence-electron chi connectivity index (χ1n) is 3.20. The molecule has 1 rings (SSSR count). The Hall–Kier alpha value is -0.640. The number of nitrogens with zero attached hydrogens (tertiary/aromatic N) is 1. The molecule has 0 fully saturated rings. The number of rotatable bonds is 2. The van der Waals surface area contributed by atoms with Crippen molar-refractivity contribution in [2.24, 2.45) is 11.5 Å². The van der Waals surface area contributed by atoms with Gasteiger partial charge in [-0.1, -0.05) is 0 Å². The maximum Gasteiger partial charge on any atom is 0.0420 e. The van der Waals surface area contributed by atoms with Gasteiger partial charge in [0.05, 0.1) is 0 Å². The van der Waals surface area contributed by atoms with Crippen LogP contribution in [0.15, 0.2) is 24.5 Å². The molecule has 4 N–H and O–H groups in total. The van der Waals surface area contributed by atoms with Crippen molar-refractivity contribution in [1.82, 2.24) is 4.98 Å². The molecule has 4 heteroatoms. The lowest BCUT2D eigenvalue weighted by Crippen LogP contribution is -2.20. The van der Waals surface area contributed by atoms with E-state index in [4.69, 9.17) is 11.5 Å². The average molecular weight is 174 g/mol. The smallest absolute Gasteiger partial charge is 0.0420 e. The number of hydrogen-bond donors (Lipinski definition) is 2. The Kier molecular flexibility index (Phi) is 4.77. The summed E-state index contributed by atoms with van der Waals surface area (Å²) < 4.78 is 0. The number of halogens is 1. The van der Waals surface area contributed by atoms with Crippen LogP contribution in [0.1, 0.15) is 11.6 Å². The second-order valence-electron chi connectivity index (χ2n) is 2.12. The first-order valence-corrected chi connectivity index (χ1v) is 3.20. The molecule has 0 saturated heterocycles. The van der Waals surface area contributed by atoms with Crippen LogP contribution in [0, 0.1) is 0 Å². The van der Waals surface area contributed by atoms with Crippen molar-refractivity contribution in [1.29, 1.82) is 0 Å². The van der Waals surface area contributed by atoms with E-state index in [-0.39, 0.29) is 18.4 Å². The molecule has 0 aliphatic carbocycles. The zero-order chi connectivity index (χ0) is 7.40. The van der Waals surface area contributed by atoms with Gasteiger partial charge in [-0.15, -0.1) is 12.4 Å². The molecular formula is C7H12ClN3. The molecule has 0 amide bonds. The molecule has 62 valence electrons. The molecule has 1 atom stereocenters. The quantitative estimate of drug-likeness (QED) is 0.683. The topological polar surface area (TPSA) is 64.9 Å². The summed E-state index contributed by atoms with van der Waals surface area (Å²) in [4.78, 5) is 3.87. The van der Waals surface area contributed by atoms with Crippen molar-refractivity contribution in [2.75, 3.05) is 6.54 Å². The van der Waals surface area contributed by atoms with E-state index in [1.807, 2.05) is 12.1 Å². The van der Waals surface area contributed by atoms with Crippen LogP contribution in [0.2, 0.25) is 0 Å². The lowest BCUT2D eigenvalue weighted by molar-refractivity contribution is 0.735. The van der Waals surface area contributed by atoms with Crippen LogP contribution in [0.5, 0.6) is 0 Å². The molecule has 0 spiro atoms. The van der Waals surface area contributed by atoms with E-state index < -0.39 is 0 Å². The molecule has 11 heavy (non-hydrogen) atoms. The Morgan fingerprint density at radius 2 is 1.91 bits per heavy atom. The van der Waals surface area contributed by atoms with Crippen LogP contribution in [-0.2, 0) is 0 Å². The summed E-state index contributed by atoms with van der Waals surface area (Å²) in [5, 5.41) is 0. The molecule has 0 bridgehead atoms. The van der Waals surface area contributed by atoms with Gasteiger partial charge in [0.15, 0.2) is 0 Å². The van der Waals surface area contributed by atoms with E-state index in [1.54, 1.807) is 12.4 Å². The summed E-state index contributed by atoms with van der Waals surface area (Å²) in [5.41, 5.74) is 12.0. The Morgan fingerprint density at radius 1 is 1.36 bits per heavy atom. The van der Waals surface area contributed by atoms with E-state index in [1.165, 1.54) is 0 Å². The van der Waals surface area contributed by atoms with Crippen LogP contribution in [0.25, 0.3) is 0 Å². The summed E-state index contributed by atoms with van der Waals surface area (Å²) in [5.74, 6) is 0. The Labute approximate surface area is 72.2 Å². The van der Waals surface area contributed by atoms with Crippen LogP contribution in [0.3, 0.4) is 0 Å². The number of nitrogens with two attached hydrogens (primary N) is 2. The monoisotopic (exact) mass is 173 g/mol. The van der Waals surface area contributed by atoms with Gasteiger partial charge in [-0.3, -0.25) is 4.98 Å². The largest absolute Gasteiger partial charge is 0.329 e. The lowest BCUT2D eigenvalue weighted by Gasteiger charge is -2.06. The van der Waals surface area contributed by atoms with Crippen molar-refractivity contribution in [2.45, 2.75) is 6.04 Å². The minimum absolute atomic E-state index is 0. The van der Waals surface area contributed by atoms with Gasteiger partial charge in [-0.2, -0.15) is 0 Å². The molecule has 0 unspecified atom stereocenters. The molecule has 1 aromatic rings. The molecule has 0 saturated carbocycles. The van der Waals surface area contributed by atoms with Gasteiger partial charge < -0.3 is 11.5 Å². The molecule has 0 aliphatic heterocycles. The van der Waals surface area contributed by atoms with Gasteiger partial charge >= 0.3 is 0 Å². The van der Waals surface area contributed by atoms with Gasteiger partial charge in [0.1, 0.15) is 0 Å². The molecule has 0 aromatic carbocycles. The van der Waals surface area contributed by atoms with E-state index in [0.29, 0.717) is 6.54 Å². The first kappa shape index (κ1) is 10.4. The maximum absolute atomic E-state index is 5.64. The second kappa shape index (κ2) is 5.07. The number of hydrogen-bond acceptors (Lipinski definition) is 3.